The monoisotopic (exact) mass is 210 g/mol. The molecule has 0 heterocycles. The highest BCUT2D eigenvalue weighted by molar-refractivity contribution is 5.82. The van der Waals surface area contributed by atoms with Crippen molar-refractivity contribution in [2.24, 2.45) is 17.6 Å². The smallest absolute Gasteiger partial charge is 0.226 e. The van der Waals surface area contributed by atoms with Gasteiger partial charge in [-0.15, -0.1) is 0 Å². The summed E-state index contributed by atoms with van der Waals surface area (Å²) in [7, 11) is 0. The third-order valence-corrected chi connectivity index (χ3v) is 3.24. The van der Waals surface area contributed by atoms with Gasteiger partial charge in [0.25, 0.3) is 0 Å². The van der Waals surface area contributed by atoms with Crippen LogP contribution in [-0.4, -0.2) is 30.4 Å². The first kappa shape index (κ1) is 12.2. The van der Waals surface area contributed by atoms with Crippen molar-refractivity contribution >= 4 is 5.91 Å². The van der Waals surface area contributed by atoms with Gasteiger partial charge in [0, 0.05) is 25.6 Å². The topological polar surface area (TPSA) is 46.3 Å². The molecule has 1 amide bonds. The maximum atomic E-state index is 12.0. The zero-order valence-corrected chi connectivity index (χ0v) is 9.99. The van der Waals surface area contributed by atoms with Crippen LogP contribution in [0.4, 0.5) is 0 Å². The van der Waals surface area contributed by atoms with Gasteiger partial charge in [-0.25, -0.2) is 0 Å². The van der Waals surface area contributed by atoms with Crippen LogP contribution in [-0.2, 0) is 4.79 Å². The summed E-state index contributed by atoms with van der Waals surface area (Å²) in [5, 5.41) is 0. The van der Waals surface area contributed by atoms with Crippen LogP contribution >= 0.6 is 0 Å². The molecule has 0 radical (unpaired) electrons. The average molecular weight is 210 g/mol. The lowest BCUT2D eigenvalue weighted by molar-refractivity contribution is -0.132. The summed E-state index contributed by atoms with van der Waals surface area (Å²) in [4.78, 5) is 13.9. The van der Waals surface area contributed by atoms with E-state index in [0.29, 0.717) is 19.0 Å². The number of carbonyl (C=O) groups is 1. The molecular weight excluding hydrogens is 188 g/mol. The SMILES string of the molecule is C/C=C(\C)[C@@H]1C[C@H]1C(=O)N(CC)CCN. The summed E-state index contributed by atoms with van der Waals surface area (Å²) in [5.74, 6) is 1.01. The van der Waals surface area contributed by atoms with E-state index in [1.807, 2.05) is 18.7 Å². The van der Waals surface area contributed by atoms with Gasteiger partial charge in [-0.2, -0.15) is 0 Å². The summed E-state index contributed by atoms with van der Waals surface area (Å²) in [6.07, 6.45) is 3.13. The van der Waals surface area contributed by atoms with Crippen molar-refractivity contribution < 1.29 is 4.79 Å². The summed E-state index contributed by atoms with van der Waals surface area (Å²) >= 11 is 0. The van der Waals surface area contributed by atoms with Crippen molar-refractivity contribution in [3.8, 4) is 0 Å². The Morgan fingerprint density at radius 2 is 2.20 bits per heavy atom. The standard InChI is InChI=1S/C12H22N2O/c1-4-9(3)10-8-11(10)12(15)14(5-2)7-6-13/h4,10-11H,5-8,13H2,1-3H3/b9-4+/t10-,11+/m0/s1. The molecule has 86 valence electrons. The number of carbonyl (C=O) groups excluding carboxylic acids is 1. The van der Waals surface area contributed by atoms with Gasteiger partial charge in [0.15, 0.2) is 0 Å². The molecule has 0 bridgehead atoms. The quantitative estimate of drug-likeness (QED) is 0.697. The van der Waals surface area contributed by atoms with Crippen LogP contribution in [0.1, 0.15) is 27.2 Å². The Balaban J connectivity index is 2.49. The number of rotatable bonds is 5. The van der Waals surface area contributed by atoms with E-state index < -0.39 is 0 Å². The van der Waals surface area contributed by atoms with Gasteiger partial charge in [-0.3, -0.25) is 4.79 Å². The highest BCUT2D eigenvalue weighted by Crippen LogP contribution is 2.45. The van der Waals surface area contributed by atoms with E-state index >= 15 is 0 Å². The van der Waals surface area contributed by atoms with Crippen LogP contribution in [0.3, 0.4) is 0 Å². The van der Waals surface area contributed by atoms with E-state index in [9.17, 15) is 4.79 Å². The van der Waals surface area contributed by atoms with Gasteiger partial charge in [0.1, 0.15) is 0 Å². The predicted molar refractivity (Wildman–Crippen MR) is 62.3 cm³/mol. The number of likely N-dealkylation sites (N-methyl/N-ethyl adjacent to an activating group) is 1. The minimum absolute atomic E-state index is 0.229. The van der Waals surface area contributed by atoms with Crippen LogP contribution in [0.2, 0.25) is 0 Å². The summed E-state index contributed by atoms with van der Waals surface area (Å²) in [6, 6.07) is 0. The van der Waals surface area contributed by atoms with E-state index in [1.54, 1.807) is 0 Å². The van der Waals surface area contributed by atoms with Gasteiger partial charge >= 0.3 is 0 Å². The largest absolute Gasteiger partial charge is 0.341 e. The predicted octanol–water partition coefficient (Wildman–Crippen LogP) is 1.40. The maximum Gasteiger partial charge on any atom is 0.226 e. The summed E-state index contributed by atoms with van der Waals surface area (Å²) in [5.41, 5.74) is 6.82. The third kappa shape index (κ3) is 2.81. The number of hydrogen-bond acceptors (Lipinski definition) is 2. The minimum Gasteiger partial charge on any atom is -0.341 e. The second-order valence-corrected chi connectivity index (χ2v) is 4.19. The molecule has 2 N–H and O–H groups in total. The number of nitrogens with zero attached hydrogens (tertiary/aromatic N) is 1. The molecule has 3 nitrogen and oxygen atoms in total. The van der Waals surface area contributed by atoms with Gasteiger partial charge in [0.05, 0.1) is 0 Å². The molecule has 0 aliphatic heterocycles. The van der Waals surface area contributed by atoms with Crippen molar-refractivity contribution in [3.63, 3.8) is 0 Å². The number of allylic oxidation sites excluding steroid dienone is 2. The van der Waals surface area contributed by atoms with Crippen molar-refractivity contribution in [3.05, 3.63) is 11.6 Å². The molecule has 0 spiro atoms. The van der Waals surface area contributed by atoms with Crippen molar-refractivity contribution in [1.29, 1.82) is 0 Å². The zero-order valence-electron chi connectivity index (χ0n) is 9.99. The van der Waals surface area contributed by atoms with Crippen molar-refractivity contribution in [2.75, 3.05) is 19.6 Å². The van der Waals surface area contributed by atoms with Crippen LogP contribution in [0.5, 0.6) is 0 Å². The fraction of sp³-hybridized carbons (Fsp3) is 0.750. The Hall–Kier alpha value is -0.830. The van der Waals surface area contributed by atoms with Crippen LogP contribution in [0, 0.1) is 11.8 Å². The molecule has 0 aromatic carbocycles. The molecule has 3 heteroatoms. The van der Waals surface area contributed by atoms with E-state index in [1.165, 1.54) is 5.57 Å². The molecule has 1 aliphatic carbocycles. The highest BCUT2D eigenvalue weighted by Gasteiger charge is 2.44. The fourth-order valence-corrected chi connectivity index (χ4v) is 2.00. The second kappa shape index (κ2) is 5.31. The van der Waals surface area contributed by atoms with E-state index in [4.69, 9.17) is 5.73 Å². The molecule has 1 fully saturated rings. The molecular formula is C12H22N2O. The molecule has 1 aliphatic rings. The normalized spacial score (nSPS) is 25.2. The van der Waals surface area contributed by atoms with E-state index in [2.05, 4.69) is 13.0 Å². The first-order valence-corrected chi connectivity index (χ1v) is 5.77. The minimum atomic E-state index is 0.229. The lowest BCUT2D eigenvalue weighted by Gasteiger charge is -2.20. The Bertz CT molecular complexity index is 260. The fourth-order valence-electron chi connectivity index (χ4n) is 2.00. The average Bonchev–Trinajstić information content (AvgIpc) is 3.03. The third-order valence-electron chi connectivity index (χ3n) is 3.24. The number of nitrogens with two attached hydrogens (primary N) is 1. The molecule has 1 rings (SSSR count). The number of hydrogen-bond donors (Lipinski definition) is 1. The number of amides is 1. The first-order valence-electron chi connectivity index (χ1n) is 5.77. The van der Waals surface area contributed by atoms with E-state index in [-0.39, 0.29) is 11.8 Å². The highest BCUT2D eigenvalue weighted by atomic mass is 16.2. The Labute approximate surface area is 92.3 Å². The Kier molecular flexibility index (Phi) is 4.33. The summed E-state index contributed by atoms with van der Waals surface area (Å²) < 4.78 is 0. The molecule has 2 atom stereocenters. The van der Waals surface area contributed by atoms with E-state index in [0.717, 1.165) is 13.0 Å². The Morgan fingerprint density at radius 3 is 2.67 bits per heavy atom. The van der Waals surface area contributed by atoms with Gasteiger partial charge < -0.3 is 10.6 Å². The van der Waals surface area contributed by atoms with Crippen LogP contribution in [0.25, 0.3) is 0 Å². The van der Waals surface area contributed by atoms with Crippen LogP contribution < -0.4 is 5.73 Å². The van der Waals surface area contributed by atoms with Crippen molar-refractivity contribution in [2.45, 2.75) is 27.2 Å². The molecule has 0 aromatic heterocycles. The summed E-state index contributed by atoms with van der Waals surface area (Å²) in [6.45, 7) is 8.17. The first-order chi connectivity index (χ1) is 7.15. The zero-order chi connectivity index (χ0) is 11.4. The molecule has 0 unspecified atom stereocenters. The van der Waals surface area contributed by atoms with Crippen molar-refractivity contribution in [1.82, 2.24) is 4.90 Å². The van der Waals surface area contributed by atoms with Crippen LogP contribution in [0.15, 0.2) is 11.6 Å². The molecule has 0 saturated heterocycles. The Morgan fingerprint density at radius 1 is 1.53 bits per heavy atom. The van der Waals surface area contributed by atoms with Gasteiger partial charge in [-0.05, 0) is 33.1 Å². The van der Waals surface area contributed by atoms with Gasteiger partial charge in [-0.1, -0.05) is 11.6 Å². The second-order valence-electron chi connectivity index (χ2n) is 4.19. The molecule has 1 saturated carbocycles. The van der Waals surface area contributed by atoms with Gasteiger partial charge in [0.2, 0.25) is 5.91 Å². The molecule has 0 aromatic rings. The lowest BCUT2D eigenvalue weighted by Crippen LogP contribution is -2.36. The molecule has 15 heavy (non-hydrogen) atoms. The maximum absolute atomic E-state index is 12.0. The lowest BCUT2D eigenvalue weighted by atomic mass is 10.1.